The summed E-state index contributed by atoms with van der Waals surface area (Å²) in [5, 5.41) is 9.15. The lowest BCUT2D eigenvalue weighted by Crippen LogP contribution is -2.38. The number of aryl methyl sites for hydroxylation is 1. The van der Waals surface area contributed by atoms with Crippen LogP contribution in [0.15, 0.2) is 94.2 Å². The Bertz CT molecular complexity index is 1640. The van der Waals surface area contributed by atoms with E-state index >= 15 is 0 Å². The molecule has 0 radical (unpaired) electrons. The number of aromatic carboxylic acids is 1. The van der Waals surface area contributed by atoms with Gasteiger partial charge >= 0.3 is 5.97 Å². The standard InChI is InChI=1S/C28H20N2O3S/c31-26-23(16-17-10-12-20(13-11-17)27(32)33)34-28-29-24-21-9-5-4-6-18(21)14-15-22(24)25(30(26)28)19-7-2-1-3-8-19/h1-13,16,25H,14-15H2,(H,32,33)/b23-16-/t25-/m1/s1. The SMILES string of the molecule is O=C(O)c1ccc(/C=c2\sc3n(c2=O)[C@H](c2ccccc2)C2=C(N=3)c3ccccc3CC2)cc1. The van der Waals surface area contributed by atoms with Gasteiger partial charge in [0.15, 0.2) is 4.80 Å². The van der Waals surface area contributed by atoms with Crippen LogP contribution in [0.3, 0.4) is 0 Å². The molecule has 34 heavy (non-hydrogen) atoms. The van der Waals surface area contributed by atoms with Gasteiger partial charge in [0.2, 0.25) is 0 Å². The first-order chi connectivity index (χ1) is 16.6. The smallest absolute Gasteiger partial charge is 0.335 e. The summed E-state index contributed by atoms with van der Waals surface area (Å²) in [5.41, 5.74) is 6.58. The maximum absolute atomic E-state index is 13.7. The average molecular weight is 465 g/mol. The molecule has 166 valence electrons. The highest BCUT2D eigenvalue weighted by molar-refractivity contribution is 7.07. The number of hydrogen-bond donors (Lipinski definition) is 1. The van der Waals surface area contributed by atoms with Crippen molar-refractivity contribution in [3.63, 3.8) is 0 Å². The Hall–Kier alpha value is -4.03. The zero-order chi connectivity index (χ0) is 23.2. The fraction of sp³-hybridized carbons (Fsp3) is 0.107. The van der Waals surface area contributed by atoms with Crippen LogP contribution < -0.4 is 14.9 Å². The number of thiazole rings is 1. The molecule has 0 amide bonds. The molecule has 1 aliphatic heterocycles. The molecular formula is C28H20N2O3S. The molecule has 0 fully saturated rings. The minimum Gasteiger partial charge on any atom is -0.478 e. The van der Waals surface area contributed by atoms with Crippen molar-refractivity contribution in [2.75, 3.05) is 0 Å². The van der Waals surface area contributed by atoms with Gasteiger partial charge in [0.25, 0.3) is 5.56 Å². The average Bonchev–Trinajstić information content (AvgIpc) is 3.18. The van der Waals surface area contributed by atoms with E-state index < -0.39 is 5.97 Å². The van der Waals surface area contributed by atoms with Crippen LogP contribution in [0.25, 0.3) is 11.8 Å². The van der Waals surface area contributed by atoms with E-state index in [-0.39, 0.29) is 17.2 Å². The molecule has 5 nitrogen and oxygen atoms in total. The van der Waals surface area contributed by atoms with Gasteiger partial charge in [0.05, 0.1) is 21.8 Å². The van der Waals surface area contributed by atoms with Crippen molar-refractivity contribution in [3.8, 4) is 0 Å². The highest BCUT2D eigenvalue weighted by Gasteiger charge is 2.32. The van der Waals surface area contributed by atoms with E-state index in [0.717, 1.165) is 35.2 Å². The van der Waals surface area contributed by atoms with Crippen LogP contribution in [0, 0.1) is 0 Å². The number of aromatic nitrogens is 1. The van der Waals surface area contributed by atoms with E-state index in [2.05, 4.69) is 30.3 Å². The molecular weight excluding hydrogens is 444 g/mol. The third-order valence-electron chi connectivity index (χ3n) is 6.44. The molecule has 2 heterocycles. The van der Waals surface area contributed by atoms with E-state index in [0.29, 0.717) is 9.33 Å². The molecule has 1 aliphatic carbocycles. The number of hydrogen-bond acceptors (Lipinski definition) is 4. The van der Waals surface area contributed by atoms with Gasteiger partial charge in [-0.15, -0.1) is 0 Å². The molecule has 2 aliphatic rings. The van der Waals surface area contributed by atoms with Gasteiger partial charge in [-0.2, -0.15) is 0 Å². The second-order valence-corrected chi connectivity index (χ2v) is 9.46. The third kappa shape index (κ3) is 3.35. The molecule has 0 saturated carbocycles. The number of carbonyl (C=O) groups is 1. The summed E-state index contributed by atoms with van der Waals surface area (Å²) in [4.78, 5) is 30.5. The third-order valence-corrected chi connectivity index (χ3v) is 7.43. The summed E-state index contributed by atoms with van der Waals surface area (Å²) in [6.07, 6.45) is 3.60. The fourth-order valence-electron chi connectivity index (χ4n) is 4.83. The predicted molar refractivity (Wildman–Crippen MR) is 133 cm³/mol. The molecule has 1 aromatic heterocycles. The minimum absolute atomic E-state index is 0.0784. The summed E-state index contributed by atoms with van der Waals surface area (Å²) in [6, 6.07) is 24.9. The first-order valence-electron chi connectivity index (χ1n) is 11.1. The van der Waals surface area contributed by atoms with Gasteiger partial charge in [-0.1, -0.05) is 78.1 Å². The number of carboxylic acid groups (broad SMARTS) is 1. The van der Waals surface area contributed by atoms with Crippen LogP contribution in [-0.4, -0.2) is 15.6 Å². The zero-order valence-corrected chi connectivity index (χ0v) is 19.0. The first kappa shape index (κ1) is 20.6. The van der Waals surface area contributed by atoms with Gasteiger partial charge in [-0.3, -0.25) is 9.36 Å². The Morgan fingerprint density at radius 2 is 1.71 bits per heavy atom. The van der Waals surface area contributed by atoms with Gasteiger partial charge in [-0.05, 0) is 53.3 Å². The van der Waals surface area contributed by atoms with E-state index in [1.54, 1.807) is 24.3 Å². The number of benzene rings is 3. The Kier molecular flexibility index (Phi) is 4.89. The van der Waals surface area contributed by atoms with E-state index in [1.807, 2.05) is 34.9 Å². The molecule has 3 aromatic carbocycles. The van der Waals surface area contributed by atoms with Crippen molar-refractivity contribution < 1.29 is 9.90 Å². The van der Waals surface area contributed by atoms with Gasteiger partial charge in [0.1, 0.15) is 0 Å². The summed E-state index contributed by atoms with van der Waals surface area (Å²) >= 11 is 1.37. The molecule has 6 heteroatoms. The number of nitrogens with zero attached hydrogens (tertiary/aromatic N) is 2. The minimum atomic E-state index is -0.973. The molecule has 0 saturated heterocycles. The Balaban J connectivity index is 1.58. The van der Waals surface area contributed by atoms with Gasteiger partial charge in [-0.25, -0.2) is 9.79 Å². The molecule has 1 atom stereocenters. The van der Waals surface area contributed by atoms with E-state index in [4.69, 9.17) is 10.1 Å². The number of rotatable bonds is 3. The van der Waals surface area contributed by atoms with E-state index in [1.165, 1.54) is 22.5 Å². The van der Waals surface area contributed by atoms with Crippen LogP contribution in [0.1, 0.15) is 45.1 Å². The van der Waals surface area contributed by atoms with E-state index in [9.17, 15) is 9.59 Å². The maximum Gasteiger partial charge on any atom is 0.335 e. The van der Waals surface area contributed by atoms with Crippen molar-refractivity contribution in [1.29, 1.82) is 0 Å². The first-order valence-corrected chi connectivity index (χ1v) is 11.9. The van der Waals surface area contributed by atoms with Crippen molar-refractivity contribution in [3.05, 3.63) is 132 Å². The lowest BCUT2D eigenvalue weighted by atomic mass is 9.83. The van der Waals surface area contributed by atoms with Crippen molar-refractivity contribution in [2.45, 2.75) is 18.9 Å². The second-order valence-electron chi connectivity index (χ2n) is 8.45. The van der Waals surface area contributed by atoms with Crippen LogP contribution in [-0.2, 0) is 6.42 Å². The highest BCUT2D eigenvalue weighted by Crippen LogP contribution is 2.41. The number of carboxylic acids is 1. The predicted octanol–water partition coefficient (Wildman–Crippen LogP) is 4.02. The summed E-state index contributed by atoms with van der Waals surface area (Å²) in [5.74, 6) is -0.973. The molecule has 0 spiro atoms. The lowest BCUT2D eigenvalue weighted by Gasteiger charge is -2.30. The Morgan fingerprint density at radius 3 is 2.47 bits per heavy atom. The largest absolute Gasteiger partial charge is 0.478 e. The quantitative estimate of drug-likeness (QED) is 0.498. The second kappa shape index (κ2) is 8.08. The number of fused-ring (bicyclic) bond motifs is 3. The Labute approximate surface area is 199 Å². The molecule has 6 rings (SSSR count). The topological polar surface area (TPSA) is 71.7 Å². The van der Waals surface area contributed by atoms with Gasteiger partial charge < -0.3 is 5.11 Å². The van der Waals surface area contributed by atoms with Crippen LogP contribution >= 0.6 is 11.3 Å². The van der Waals surface area contributed by atoms with Crippen molar-refractivity contribution in [2.24, 2.45) is 4.99 Å². The molecule has 0 bridgehead atoms. The highest BCUT2D eigenvalue weighted by atomic mass is 32.1. The summed E-state index contributed by atoms with van der Waals surface area (Å²) in [6.45, 7) is 0. The fourth-order valence-corrected chi connectivity index (χ4v) is 5.83. The summed E-state index contributed by atoms with van der Waals surface area (Å²) < 4.78 is 2.40. The van der Waals surface area contributed by atoms with Crippen LogP contribution in [0.5, 0.6) is 0 Å². The zero-order valence-electron chi connectivity index (χ0n) is 18.1. The molecule has 1 N–H and O–H groups in total. The van der Waals surface area contributed by atoms with Crippen molar-refractivity contribution in [1.82, 2.24) is 4.57 Å². The maximum atomic E-state index is 13.7. The summed E-state index contributed by atoms with van der Waals surface area (Å²) in [7, 11) is 0. The monoisotopic (exact) mass is 464 g/mol. The van der Waals surface area contributed by atoms with Crippen molar-refractivity contribution >= 4 is 29.1 Å². The lowest BCUT2D eigenvalue weighted by molar-refractivity contribution is 0.0697. The number of allylic oxidation sites excluding steroid dienone is 1. The molecule has 0 unspecified atom stereocenters. The van der Waals surface area contributed by atoms with Crippen LogP contribution in [0.4, 0.5) is 0 Å². The normalized spacial score (nSPS) is 16.9. The Morgan fingerprint density at radius 1 is 0.971 bits per heavy atom. The van der Waals surface area contributed by atoms with Gasteiger partial charge in [0, 0.05) is 5.56 Å². The molecule has 4 aromatic rings. The van der Waals surface area contributed by atoms with Crippen LogP contribution in [0.2, 0.25) is 0 Å².